The molecule has 0 spiro atoms. The molecule has 0 unspecified atom stereocenters. The number of rotatable bonds is 6. The normalized spacial score (nSPS) is 10.8. The second-order valence-electron chi connectivity index (χ2n) is 7.31. The Balaban J connectivity index is 1.74. The van der Waals surface area contributed by atoms with Crippen LogP contribution < -0.4 is 14.2 Å². The Morgan fingerprint density at radius 2 is 1.86 bits per heavy atom. The van der Waals surface area contributed by atoms with Crippen molar-refractivity contribution >= 4 is 32.4 Å². The number of anilines is 1. The third-order valence-corrected chi connectivity index (χ3v) is 6.47. The van der Waals surface area contributed by atoms with E-state index in [1.165, 1.54) is 32.7 Å². The van der Waals surface area contributed by atoms with Crippen LogP contribution in [0.25, 0.3) is 16.7 Å². The number of hydrogen-bond donors (Lipinski definition) is 2. The molecule has 0 aliphatic rings. The van der Waals surface area contributed by atoms with Crippen molar-refractivity contribution in [1.29, 1.82) is 0 Å². The highest BCUT2D eigenvalue weighted by molar-refractivity contribution is 7.93. The Labute approximate surface area is 202 Å². The number of ether oxygens (including phenoxy) is 2. The van der Waals surface area contributed by atoms with E-state index in [0.29, 0.717) is 33.7 Å². The fraction of sp³-hybridized carbons (Fsp3) is 0.0769. The molecule has 0 radical (unpaired) electrons. The molecule has 176 valence electrons. The Hall–Kier alpha value is -4.55. The van der Waals surface area contributed by atoms with E-state index in [1.54, 1.807) is 48.5 Å². The zero-order valence-corrected chi connectivity index (χ0v) is 19.8. The minimum Gasteiger partial charge on any atom is -0.506 e. The minimum atomic E-state index is -4.05. The highest BCUT2D eigenvalue weighted by Gasteiger charge is 2.21. The molecule has 0 saturated heterocycles. The Morgan fingerprint density at radius 3 is 2.54 bits per heavy atom. The summed E-state index contributed by atoms with van der Waals surface area (Å²) in [7, 11) is -1.05. The van der Waals surface area contributed by atoms with Gasteiger partial charge in [0.15, 0.2) is 0 Å². The molecule has 0 amide bonds. The SMILES string of the molecule is C=C(O)c1ccc(C#Cc2ccc(OC)cc2NS(=O)(=O)c2ccc(OC)c3cccnc23)cn1. The monoisotopic (exact) mass is 487 g/mol. The molecule has 0 atom stereocenters. The summed E-state index contributed by atoms with van der Waals surface area (Å²) in [5.74, 6) is 6.75. The molecule has 0 saturated carbocycles. The number of nitrogens with one attached hydrogen (secondary N) is 1. The van der Waals surface area contributed by atoms with Crippen LogP contribution in [-0.2, 0) is 10.0 Å². The Kier molecular flexibility index (Phi) is 6.57. The molecule has 0 aliphatic carbocycles. The number of sulfonamides is 1. The van der Waals surface area contributed by atoms with Gasteiger partial charge in [-0.15, -0.1) is 0 Å². The minimum absolute atomic E-state index is 0.000323. The second-order valence-corrected chi connectivity index (χ2v) is 8.96. The van der Waals surface area contributed by atoms with Crippen LogP contribution in [0, 0.1) is 11.8 Å². The summed E-state index contributed by atoms with van der Waals surface area (Å²) >= 11 is 0. The lowest BCUT2D eigenvalue weighted by molar-refractivity contribution is 0.415. The maximum atomic E-state index is 13.4. The molecule has 0 bridgehead atoms. The highest BCUT2D eigenvalue weighted by atomic mass is 32.2. The largest absolute Gasteiger partial charge is 0.506 e. The Bertz CT molecular complexity index is 1590. The van der Waals surface area contributed by atoms with Gasteiger partial charge in [-0.1, -0.05) is 18.4 Å². The van der Waals surface area contributed by atoms with E-state index < -0.39 is 10.0 Å². The summed E-state index contributed by atoms with van der Waals surface area (Å²) in [5, 5.41) is 10.00. The van der Waals surface area contributed by atoms with Gasteiger partial charge in [-0.05, 0) is 48.5 Å². The number of aliphatic hydroxyl groups is 1. The molecule has 8 nitrogen and oxygen atoms in total. The number of methoxy groups -OCH3 is 2. The van der Waals surface area contributed by atoms with E-state index in [-0.39, 0.29) is 21.9 Å². The number of pyridine rings is 2. The van der Waals surface area contributed by atoms with Crippen LogP contribution in [-0.4, -0.2) is 37.7 Å². The van der Waals surface area contributed by atoms with Gasteiger partial charge in [0.25, 0.3) is 10.0 Å². The fourth-order valence-corrected chi connectivity index (χ4v) is 4.57. The van der Waals surface area contributed by atoms with Gasteiger partial charge >= 0.3 is 0 Å². The van der Waals surface area contributed by atoms with Gasteiger partial charge in [0.1, 0.15) is 27.8 Å². The highest BCUT2D eigenvalue weighted by Crippen LogP contribution is 2.31. The van der Waals surface area contributed by atoms with Crippen molar-refractivity contribution in [3.63, 3.8) is 0 Å². The first-order valence-corrected chi connectivity index (χ1v) is 11.8. The van der Waals surface area contributed by atoms with E-state index in [0.717, 1.165) is 0 Å². The van der Waals surface area contributed by atoms with Gasteiger partial charge in [0, 0.05) is 35.0 Å². The summed E-state index contributed by atoms with van der Waals surface area (Å²) in [5.41, 5.74) is 1.87. The molecular weight excluding hydrogens is 466 g/mol. The summed E-state index contributed by atoms with van der Waals surface area (Å²) in [4.78, 5) is 8.35. The molecule has 0 fully saturated rings. The van der Waals surface area contributed by atoms with Crippen molar-refractivity contribution in [3.8, 4) is 23.3 Å². The predicted octanol–water partition coefficient (Wildman–Crippen LogP) is 4.38. The lowest BCUT2D eigenvalue weighted by atomic mass is 10.1. The van der Waals surface area contributed by atoms with Crippen LogP contribution in [0.2, 0.25) is 0 Å². The molecule has 0 aliphatic heterocycles. The second kappa shape index (κ2) is 9.75. The third-order valence-electron chi connectivity index (χ3n) is 5.07. The van der Waals surface area contributed by atoms with E-state index in [2.05, 4.69) is 33.1 Å². The number of benzene rings is 2. The van der Waals surface area contributed by atoms with Gasteiger partial charge in [-0.3, -0.25) is 14.7 Å². The zero-order chi connectivity index (χ0) is 25.0. The van der Waals surface area contributed by atoms with Crippen molar-refractivity contribution < 1.29 is 23.0 Å². The van der Waals surface area contributed by atoms with Crippen LogP contribution in [0.3, 0.4) is 0 Å². The smallest absolute Gasteiger partial charge is 0.264 e. The average Bonchev–Trinajstić information content (AvgIpc) is 2.87. The van der Waals surface area contributed by atoms with Crippen molar-refractivity contribution in [2.24, 2.45) is 0 Å². The van der Waals surface area contributed by atoms with Gasteiger partial charge < -0.3 is 14.6 Å². The van der Waals surface area contributed by atoms with E-state index >= 15 is 0 Å². The number of aromatic nitrogens is 2. The molecule has 4 aromatic rings. The van der Waals surface area contributed by atoms with Crippen LogP contribution in [0.15, 0.2) is 78.5 Å². The summed E-state index contributed by atoms with van der Waals surface area (Å²) < 4.78 is 40.1. The first kappa shape index (κ1) is 23.6. The molecule has 2 heterocycles. The number of aliphatic hydroxyl groups excluding tert-OH is 1. The van der Waals surface area contributed by atoms with Crippen LogP contribution in [0.4, 0.5) is 5.69 Å². The van der Waals surface area contributed by atoms with Gasteiger partial charge in [-0.2, -0.15) is 0 Å². The zero-order valence-electron chi connectivity index (χ0n) is 18.9. The number of nitrogens with zero attached hydrogens (tertiary/aromatic N) is 2. The fourth-order valence-electron chi connectivity index (χ4n) is 3.34. The molecular formula is C26H21N3O5S. The summed E-state index contributed by atoms with van der Waals surface area (Å²) in [6.07, 6.45) is 3.01. The number of hydrogen-bond acceptors (Lipinski definition) is 7. The van der Waals surface area contributed by atoms with Crippen molar-refractivity contribution in [2.45, 2.75) is 4.90 Å². The standard InChI is InChI=1S/C26H21N3O5S/c1-17(30)22-11-7-18(16-28-22)6-8-19-9-10-20(33-2)15-23(19)29-35(31,32)25-13-12-24(34-3)21-5-4-14-27-26(21)25/h4-5,7,9-16,29-30H,1H2,2-3H3. The van der Waals surface area contributed by atoms with Crippen LogP contribution in [0.1, 0.15) is 16.8 Å². The molecule has 9 heteroatoms. The van der Waals surface area contributed by atoms with E-state index in [1.807, 2.05) is 0 Å². The van der Waals surface area contributed by atoms with Gasteiger partial charge in [0.05, 0.1) is 25.4 Å². The molecule has 2 aromatic carbocycles. The topological polar surface area (TPSA) is 111 Å². The maximum absolute atomic E-state index is 13.4. The third kappa shape index (κ3) is 5.03. The van der Waals surface area contributed by atoms with Crippen molar-refractivity contribution in [1.82, 2.24) is 9.97 Å². The molecule has 4 rings (SSSR count). The quantitative estimate of drug-likeness (QED) is 0.307. The molecule has 2 aromatic heterocycles. The Morgan fingerprint density at radius 1 is 1.03 bits per heavy atom. The van der Waals surface area contributed by atoms with Crippen molar-refractivity contribution in [3.05, 3.63) is 90.4 Å². The van der Waals surface area contributed by atoms with Gasteiger partial charge in [-0.25, -0.2) is 8.42 Å². The lowest BCUT2D eigenvalue weighted by Crippen LogP contribution is -2.15. The molecule has 2 N–H and O–H groups in total. The molecule has 35 heavy (non-hydrogen) atoms. The van der Waals surface area contributed by atoms with Crippen LogP contribution >= 0.6 is 0 Å². The number of fused-ring (bicyclic) bond motifs is 1. The average molecular weight is 488 g/mol. The van der Waals surface area contributed by atoms with Crippen molar-refractivity contribution in [2.75, 3.05) is 18.9 Å². The van der Waals surface area contributed by atoms with E-state index in [4.69, 9.17) is 9.47 Å². The first-order chi connectivity index (χ1) is 16.8. The summed E-state index contributed by atoms with van der Waals surface area (Å²) in [6, 6.07) is 14.7. The lowest BCUT2D eigenvalue weighted by Gasteiger charge is -2.14. The first-order valence-electron chi connectivity index (χ1n) is 10.3. The van der Waals surface area contributed by atoms with E-state index in [9.17, 15) is 13.5 Å². The van der Waals surface area contributed by atoms with Crippen LogP contribution in [0.5, 0.6) is 11.5 Å². The predicted molar refractivity (Wildman–Crippen MR) is 134 cm³/mol. The summed E-state index contributed by atoms with van der Waals surface area (Å²) in [6.45, 7) is 3.43. The maximum Gasteiger partial charge on any atom is 0.264 e. The van der Waals surface area contributed by atoms with Gasteiger partial charge in [0.2, 0.25) is 0 Å².